The van der Waals surface area contributed by atoms with Crippen molar-refractivity contribution in [2.75, 3.05) is 33.3 Å². The number of carbonyl (C=O) groups is 1. The Hall–Kier alpha value is -1.66. The highest BCUT2D eigenvalue weighted by Gasteiger charge is 2.23. The molecule has 1 amide bonds. The van der Waals surface area contributed by atoms with Gasteiger partial charge in [-0.25, -0.2) is 0 Å². The molecule has 6 nitrogen and oxygen atoms in total. The number of piperidine rings is 1. The number of benzene rings is 1. The van der Waals surface area contributed by atoms with Gasteiger partial charge in [0, 0.05) is 26.6 Å². The van der Waals surface area contributed by atoms with Gasteiger partial charge in [-0.3, -0.25) is 9.79 Å². The molecule has 1 aliphatic heterocycles. The molecule has 1 aliphatic rings. The zero-order valence-corrected chi connectivity index (χ0v) is 15.8. The van der Waals surface area contributed by atoms with Crippen molar-refractivity contribution in [2.24, 2.45) is 16.6 Å². The number of carbonyl (C=O) groups excluding carboxylic acids is 1. The highest BCUT2D eigenvalue weighted by atomic mass is 35.5. The first-order chi connectivity index (χ1) is 12.0. The minimum absolute atomic E-state index is 0.249. The van der Waals surface area contributed by atoms with E-state index in [9.17, 15) is 4.79 Å². The zero-order valence-electron chi connectivity index (χ0n) is 14.3. The lowest BCUT2D eigenvalue weighted by molar-refractivity contribution is -0.119. The van der Waals surface area contributed by atoms with Crippen LogP contribution in [-0.4, -0.2) is 50.1 Å². The van der Waals surface area contributed by atoms with Crippen LogP contribution in [0.3, 0.4) is 0 Å². The van der Waals surface area contributed by atoms with Crippen molar-refractivity contribution in [3.8, 4) is 5.75 Å². The van der Waals surface area contributed by atoms with Crippen LogP contribution < -0.4 is 15.8 Å². The molecule has 0 aromatic heterocycles. The zero-order chi connectivity index (χ0) is 18.2. The molecule has 1 heterocycles. The van der Waals surface area contributed by atoms with E-state index in [2.05, 4.69) is 15.2 Å². The predicted octanol–water partition coefficient (Wildman–Crippen LogP) is 2.54. The van der Waals surface area contributed by atoms with Crippen LogP contribution in [0, 0.1) is 5.92 Å². The summed E-state index contributed by atoms with van der Waals surface area (Å²) in [5, 5.41) is 4.16. The molecule has 1 aromatic rings. The molecule has 1 unspecified atom stereocenters. The standard InChI is InChI=1S/C17H24Cl2N4O2/c1-21-17(23-8-3-4-12(11-23)10-15(20)24)22-7-9-25-14-6-2-5-13(18)16(14)19/h2,5-6,12H,3-4,7-11H2,1H3,(H2,20,24)(H,21,22). The Labute approximate surface area is 158 Å². The number of nitrogens with one attached hydrogen (secondary N) is 1. The molecule has 1 saturated heterocycles. The Morgan fingerprint density at radius 3 is 3.00 bits per heavy atom. The lowest BCUT2D eigenvalue weighted by Crippen LogP contribution is -2.48. The summed E-state index contributed by atoms with van der Waals surface area (Å²) in [6, 6.07) is 5.29. The molecule has 0 bridgehead atoms. The van der Waals surface area contributed by atoms with E-state index in [-0.39, 0.29) is 11.8 Å². The summed E-state index contributed by atoms with van der Waals surface area (Å²) in [5.74, 6) is 1.40. The second kappa shape index (κ2) is 9.73. The minimum atomic E-state index is -0.249. The maximum absolute atomic E-state index is 11.1. The number of likely N-dealkylation sites (tertiary alicyclic amines) is 1. The Bertz CT molecular complexity index is 625. The number of hydrogen-bond donors (Lipinski definition) is 2. The second-order valence-corrected chi connectivity index (χ2v) is 6.78. The van der Waals surface area contributed by atoms with Crippen molar-refractivity contribution < 1.29 is 9.53 Å². The number of aliphatic imine (C=N–C) groups is 1. The van der Waals surface area contributed by atoms with Gasteiger partial charge in [-0.05, 0) is 30.9 Å². The van der Waals surface area contributed by atoms with Gasteiger partial charge in [0.1, 0.15) is 17.4 Å². The van der Waals surface area contributed by atoms with E-state index < -0.39 is 0 Å². The highest BCUT2D eigenvalue weighted by molar-refractivity contribution is 6.42. The fraction of sp³-hybridized carbons (Fsp3) is 0.529. The van der Waals surface area contributed by atoms with E-state index in [0.717, 1.165) is 31.9 Å². The average Bonchev–Trinajstić information content (AvgIpc) is 2.58. The normalized spacial score (nSPS) is 18.1. The Morgan fingerprint density at radius 2 is 2.28 bits per heavy atom. The molecule has 1 fully saturated rings. The van der Waals surface area contributed by atoms with Crippen LogP contribution in [-0.2, 0) is 4.79 Å². The number of halogens is 2. The van der Waals surface area contributed by atoms with Crippen molar-refractivity contribution in [2.45, 2.75) is 19.3 Å². The smallest absolute Gasteiger partial charge is 0.217 e. The summed E-state index contributed by atoms with van der Waals surface area (Å²) in [4.78, 5) is 17.6. The summed E-state index contributed by atoms with van der Waals surface area (Å²) in [6.45, 7) is 2.70. The van der Waals surface area contributed by atoms with Gasteiger partial charge in [0.05, 0.1) is 11.6 Å². The maximum atomic E-state index is 11.1. The second-order valence-electron chi connectivity index (χ2n) is 6.00. The number of nitrogens with two attached hydrogens (primary N) is 1. The fourth-order valence-electron chi connectivity index (χ4n) is 2.96. The van der Waals surface area contributed by atoms with Gasteiger partial charge in [-0.2, -0.15) is 0 Å². The third-order valence-corrected chi connectivity index (χ3v) is 4.88. The van der Waals surface area contributed by atoms with E-state index in [1.807, 2.05) is 0 Å². The van der Waals surface area contributed by atoms with Crippen molar-refractivity contribution >= 4 is 35.1 Å². The summed E-state index contributed by atoms with van der Waals surface area (Å²) in [7, 11) is 1.74. The van der Waals surface area contributed by atoms with Crippen LogP contribution in [0.5, 0.6) is 5.75 Å². The largest absolute Gasteiger partial charge is 0.490 e. The van der Waals surface area contributed by atoms with Gasteiger partial charge in [0.15, 0.2) is 5.96 Å². The van der Waals surface area contributed by atoms with Crippen molar-refractivity contribution in [3.63, 3.8) is 0 Å². The highest BCUT2D eigenvalue weighted by Crippen LogP contribution is 2.31. The summed E-state index contributed by atoms with van der Waals surface area (Å²) in [5.41, 5.74) is 5.31. The Balaban J connectivity index is 1.80. The summed E-state index contributed by atoms with van der Waals surface area (Å²) >= 11 is 12.1. The fourth-order valence-corrected chi connectivity index (χ4v) is 3.31. The van der Waals surface area contributed by atoms with Gasteiger partial charge in [0.2, 0.25) is 5.91 Å². The molecule has 0 radical (unpaired) electrons. The Morgan fingerprint density at radius 1 is 1.48 bits per heavy atom. The van der Waals surface area contributed by atoms with Crippen LogP contribution in [0.1, 0.15) is 19.3 Å². The summed E-state index contributed by atoms with van der Waals surface area (Å²) < 4.78 is 5.66. The van der Waals surface area contributed by atoms with Gasteiger partial charge >= 0.3 is 0 Å². The Kier molecular flexibility index (Phi) is 7.65. The van der Waals surface area contributed by atoms with E-state index in [1.54, 1.807) is 25.2 Å². The number of guanidine groups is 1. The lowest BCUT2D eigenvalue weighted by atomic mass is 9.95. The SMILES string of the molecule is CN=C(NCCOc1cccc(Cl)c1Cl)N1CCCC(CC(N)=O)C1. The van der Waals surface area contributed by atoms with Crippen molar-refractivity contribution in [1.29, 1.82) is 0 Å². The first kappa shape index (κ1) is 19.7. The predicted molar refractivity (Wildman–Crippen MR) is 101 cm³/mol. The summed E-state index contributed by atoms with van der Waals surface area (Å²) in [6.07, 6.45) is 2.46. The molecule has 3 N–H and O–H groups in total. The molecule has 138 valence electrons. The molecule has 25 heavy (non-hydrogen) atoms. The van der Waals surface area contributed by atoms with E-state index in [0.29, 0.717) is 35.4 Å². The quantitative estimate of drug-likeness (QED) is 0.447. The van der Waals surface area contributed by atoms with Gasteiger partial charge in [-0.15, -0.1) is 0 Å². The third kappa shape index (κ3) is 5.97. The van der Waals surface area contributed by atoms with Gasteiger partial charge in [-0.1, -0.05) is 29.3 Å². The number of amides is 1. The van der Waals surface area contributed by atoms with E-state index in [4.69, 9.17) is 33.7 Å². The number of nitrogens with zero attached hydrogens (tertiary/aromatic N) is 2. The minimum Gasteiger partial charge on any atom is -0.490 e. The van der Waals surface area contributed by atoms with E-state index in [1.165, 1.54) is 0 Å². The molecule has 2 rings (SSSR count). The van der Waals surface area contributed by atoms with Crippen molar-refractivity contribution in [3.05, 3.63) is 28.2 Å². The first-order valence-electron chi connectivity index (χ1n) is 8.32. The third-order valence-electron chi connectivity index (χ3n) is 4.08. The average molecular weight is 387 g/mol. The van der Waals surface area contributed by atoms with E-state index >= 15 is 0 Å². The number of primary amides is 1. The molecule has 1 aromatic carbocycles. The topological polar surface area (TPSA) is 80.0 Å². The number of hydrogen-bond acceptors (Lipinski definition) is 3. The van der Waals surface area contributed by atoms with Crippen LogP contribution >= 0.6 is 23.2 Å². The molecule has 1 atom stereocenters. The molecule has 0 aliphatic carbocycles. The molecule has 0 saturated carbocycles. The molecule has 8 heteroatoms. The first-order valence-corrected chi connectivity index (χ1v) is 9.07. The van der Waals surface area contributed by atoms with Crippen LogP contribution in [0.4, 0.5) is 0 Å². The molecular formula is C17H24Cl2N4O2. The van der Waals surface area contributed by atoms with Gasteiger partial charge in [0.25, 0.3) is 0 Å². The van der Waals surface area contributed by atoms with Crippen LogP contribution in [0.15, 0.2) is 23.2 Å². The maximum Gasteiger partial charge on any atom is 0.217 e. The van der Waals surface area contributed by atoms with Crippen LogP contribution in [0.25, 0.3) is 0 Å². The lowest BCUT2D eigenvalue weighted by Gasteiger charge is -2.34. The van der Waals surface area contributed by atoms with Crippen molar-refractivity contribution in [1.82, 2.24) is 10.2 Å². The number of ether oxygens (including phenoxy) is 1. The molecular weight excluding hydrogens is 363 g/mol. The monoisotopic (exact) mass is 386 g/mol. The number of rotatable bonds is 6. The van der Waals surface area contributed by atoms with Gasteiger partial charge < -0.3 is 20.7 Å². The van der Waals surface area contributed by atoms with Crippen LogP contribution in [0.2, 0.25) is 10.0 Å². The molecule has 0 spiro atoms.